The van der Waals surface area contributed by atoms with Gasteiger partial charge in [0.05, 0.1) is 24.2 Å². The fraction of sp³-hybridized carbons (Fsp3) is 0.615. The van der Waals surface area contributed by atoms with Gasteiger partial charge in [-0.3, -0.25) is 4.98 Å². The van der Waals surface area contributed by atoms with Crippen molar-refractivity contribution in [2.75, 3.05) is 31.1 Å². The molecule has 1 heterocycles. The molecule has 96 valence electrons. The van der Waals surface area contributed by atoms with Crippen LogP contribution in [0.4, 0.5) is 5.69 Å². The lowest BCUT2D eigenvalue weighted by atomic mass is 10.2. The molecule has 0 aromatic carbocycles. The number of nitrogens with zero attached hydrogens (tertiary/aromatic N) is 2. The second-order valence-electron chi connectivity index (χ2n) is 4.02. The zero-order valence-corrected chi connectivity index (χ0v) is 11.0. The molecule has 1 aromatic heterocycles. The number of rotatable bonds is 7. The third kappa shape index (κ3) is 3.98. The van der Waals surface area contributed by atoms with E-state index in [1.165, 1.54) is 0 Å². The van der Waals surface area contributed by atoms with Crippen LogP contribution in [-0.4, -0.2) is 36.3 Å². The number of nitrogens with one attached hydrogen (secondary N) is 1. The summed E-state index contributed by atoms with van der Waals surface area (Å²) in [4.78, 5) is 6.57. The van der Waals surface area contributed by atoms with Crippen LogP contribution < -0.4 is 10.2 Å². The van der Waals surface area contributed by atoms with E-state index < -0.39 is 0 Å². The van der Waals surface area contributed by atoms with Gasteiger partial charge in [0, 0.05) is 19.1 Å². The molecule has 0 saturated heterocycles. The standard InChI is InChI=1S/C13H23N3O/c1-4-14-11(3)13-7-6-12(10-15-13)16(5-2)8-9-17/h6-7,10-11,14,17H,4-5,8-9H2,1-3H3. The number of aliphatic hydroxyl groups excluding tert-OH is 1. The summed E-state index contributed by atoms with van der Waals surface area (Å²) in [6.45, 7) is 8.91. The minimum atomic E-state index is 0.170. The third-order valence-corrected chi connectivity index (χ3v) is 2.84. The molecule has 0 aliphatic heterocycles. The van der Waals surface area contributed by atoms with Gasteiger partial charge in [0.2, 0.25) is 0 Å². The molecule has 0 bridgehead atoms. The van der Waals surface area contributed by atoms with Crippen LogP contribution in [0.25, 0.3) is 0 Å². The Hall–Kier alpha value is -1.13. The second kappa shape index (κ2) is 7.25. The van der Waals surface area contributed by atoms with E-state index in [4.69, 9.17) is 5.11 Å². The number of aromatic nitrogens is 1. The number of aliphatic hydroxyl groups is 1. The molecular formula is C13H23N3O. The van der Waals surface area contributed by atoms with Crippen molar-refractivity contribution in [3.63, 3.8) is 0 Å². The maximum Gasteiger partial charge on any atom is 0.0606 e. The highest BCUT2D eigenvalue weighted by molar-refractivity contribution is 5.44. The molecule has 1 atom stereocenters. The van der Waals surface area contributed by atoms with Crippen LogP contribution in [0.5, 0.6) is 0 Å². The minimum Gasteiger partial charge on any atom is -0.395 e. The van der Waals surface area contributed by atoms with Crippen LogP contribution in [0.15, 0.2) is 18.3 Å². The Labute approximate surface area is 104 Å². The van der Waals surface area contributed by atoms with Crippen molar-refractivity contribution >= 4 is 5.69 Å². The Balaban J connectivity index is 2.72. The van der Waals surface area contributed by atoms with Crippen LogP contribution in [0.2, 0.25) is 0 Å². The summed E-state index contributed by atoms with van der Waals surface area (Å²) in [5.74, 6) is 0. The van der Waals surface area contributed by atoms with Gasteiger partial charge in [0.25, 0.3) is 0 Å². The van der Waals surface area contributed by atoms with E-state index in [1.807, 2.05) is 12.3 Å². The van der Waals surface area contributed by atoms with Crippen molar-refractivity contribution in [3.8, 4) is 0 Å². The number of anilines is 1. The molecule has 4 heteroatoms. The number of hydrogen-bond donors (Lipinski definition) is 2. The van der Waals surface area contributed by atoms with E-state index in [-0.39, 0.29) is 12.6 Å². The van der Waals surface area contributed by atoms with E-state index in [0.29, 0.717) is 6.54 Å². The molecule has 1 unspecified atom stereocenters. The molecule has 0 aliphatic rings. The highest BCUT2D eigenvalue weighted by Gasteiger charge is 2.07. The lowest BCUT2D eigenvalue weighted by Crippen LogP contribution is -2.26. The van der Waals surface area contributed by atoms with Crippen LogP contribution >= 0.6 is 0 Å². The Bertz CT molecular complexity index is 313. The van der Waals surface area contributed by atoms with Gasteiger partial charge in [0.15, 0.2) is 0 Å². The van der Waals surface area contributed by atoms with Crippen LogP contribution in [0, 0.1) is 0 Å². The Morgan fingerprint density at radius 1 is 1.41 bits per heavy atom. The largest absolute Gasteiger partial charge is 0.395 e. The molecule has 0 fully saturated rings. The number of pyridine rings is 1. The monoisotopic (exact) mass is 237 g/mol. The number of likely N-dealkylation sites (N-methyl/N-ethyl adjacent to an activating group) is 1. The van der Waals surface area contributed by atoms with Gasteiger partial charge in [-0.15, -0.1) is 0 Å². The average molecular weight is 237 g/mol. The van der Waals surface area contributed by atoms with Gasteiger partial charge < -0.3 is 15.3 Å². The molecule has 0 amide bonds. The summed E-state index contributed by atoms with van der Waals surface area (Å²) in [7, 11) is 0. The number of hydrogen-bond acceptors (Lipinski definition) is 4. The lowest BCUT2D eigenvalue weighted by Gasteiger charge is -2.22. The Kier molecular flexibility index (Phi) is 5.94. The van der Waals surface area contributed by atoms with E-state index in [1.54, 1.807) is 0 Å². The quantitative estimate of drug-likeness (QED) is 0.756. The predicted molar refractivity (Wildman–Crippen MR) is 71.3 cm³/mol. The predicted octanol–water partition coefficient (Wildman–Crippen LogP) is 1.57. The minimum absolute atomic E-state index is 0.170. The smallest absolute Gasteiger partial charge is 0.0606 e. The maximum absolute atomic E-state index is 8.97. The summed E-state index contributed by atoms with van der Waals surface area (Å²) < 4.78 is 0. The van der Waals surface area contributed by atoms with Crippen molar-refractivity contribution < 1.29 is 5.11 Å². The summed E-state index contributed by atoms with van der Waals surface area (Å²) in [5.41, 5.74) is 2.12. The SMILES string of the molecule is CCNC(C)c1ccc(N(CC)CCO)cn1. The summed E-state index contributed by atoms with van der Waals surface area (Å²) in [6.07, 6.45) is 1.88. The third-order valence-electron chi connectivity index (χ3n) is 2.84. The fourth-order valence-electron chi connectivity index (χ4n) is 1.84. The Morgan fingerprint density at radius 2 is 2.18 bits per heavy atom. The van der Waals surface area contributed by atoms with Crippen molar-refractivity contribution in [2.45, 2.75) is 26.8 Å². The zero-order chi connectivity index (χ0) is 12.7. The summed E-state index contributed by atoms with van der Waals surface area (Å²) in [6, 6.07) is 4.39. The van der Waals surface area contributed by atoms with Gasteiger partial charge in [-0.05, 0) is 32.5 Å². The molecule has 4 nitrogen and oxygen atoms in total. The lowest BCUT2D eigenvalue weighted by molar-refractivity contribution is 0.302. The first-order valence-corrected chi connectivity index (χ1v) is 6.28. The first-order chi connectivity index (χ1) is 8.22. The van der Waals surface area contributed by atoms with Crippen molar-refractivity contribution in [1.82, 2.24) is 10.3 Å². The van der Waals surface area contributed by atoms with Crippen LogP contribution in [-0.2, 0) is 0 Å². The molecule has 1 rings (SSSR count). The highest BCUT2D eigenvalue weighted by Crippen LogP contribution is 2.15. The van der Waals surface area contributed by atoms with Gasteiger partial charge in [-0.25, -0.2) is 0 Å². The van der Waals surface area contributed by atoms with E-state index in [9.17, 15) is 0 Å². The normalized spacial score (nSPS) is 12.5. The molecule has 17 heavy (non-hydrogen) atoms. The molecule has 0 saturated carbocycles. The molecule has 1 aromatic rings. The second-order valence-corrected chi connectivity index (χ2v) is 4.02. The average Bonchev–Trinajstić information content (AvgIpc) is 2.36. The van der Waals surface area contributed by atoms with Gasteiger partial charge in [0.1, 0.15) is 0 Å². The van der Waals surface area contributed by atoms with E-state index >= 15 is 0 Å². The molecular weight excluding hydrogens is 214 g/mol. The first-order valence-electron chi connectivity index (χ1n) is 6.28. The van der Waals surface area contributed by atoms with Gasteiger partial charge >= 0.3 is 0 Å². The highest BCUT2D eigenvalue weighted by atomic mass is 16.3. The van der Waals surface area contributed by atoms with E-state index in [0.717, 1.165) is 24.5 Å². The summed E-state index contributed by atoms with van der Waals surface area (Å²) >= 11 is 0. The first kappa shape index (κ1) is 13.9. The summed E-state index contributed by atoms with van der Waals surface area (Å²) in [5, 5.41) is 12.3. The molecule has 0 radical (unpaired) electrons. The maximum atomic E-state index is 8.97. The van der Waals surface area contributed by atoms with Gasteiger partial charge in [-0.2, -0.15) is 0 Å². The van der Waals surface area contributed by atoms with Crippen LogP contribution in [0.1, 0.15) is 32.5 Å². The Morgan fingerprint density at radius 3 is 2.65 bits per heavy atom. The zero-order valence-electron chi connectivity index (χ0n) is 11.0. The van der Waals surface area contributed by atoms with Crippen molar-refractivity contribution in [3.05, 3.63) is 24.0 Å². The van der Waals surface area contributed by atoms with E-state index in [2.05, 4.69) is 42.0 Å². The van der Waals surface area contributed by atoms with Crippen molar-refractivity contribution in [2.24, 2.45) is 0 Å². The van der Waals surface area contributed by atoms with Gasteiger partial charge in [-0.1, -0.05) is 6.92 Å². The fourth-order valence-corrected chi connectivity index (χ4v) is 1.84. The topological polar surface area (TPSA) is 48.4 Å². The van der Waals surface area contributed by atoms with Crippen molar-refractivity contribution in [1.29, 1.82) is 0 Å². The molecule has 0 aliphatic carbocycles. The molecule has 0 spiro atoms. The molecule has 2 N–H and O–H groups in total. The van der Waals surface area contributed by atoms with Crippen LogP contribution in [0.3, 0.4) is 0 Å².